The minimum atomic E-state index is -0.780. The standard InChI is InChI=1S/C20H29NO4/c1-21-12-8-16(9-13-21)25-17-7-6-15(14-18(17)24-2)20(19(22)23)10-4-3-5-11-20/h6-7,14,16H,3-5,8-13H2,1-2H3,(H,22,23). The molecule has 0 aromatic heterocycles. The van der Waals surface area contributed by atoms with Crippen molar-refractivity contribution in [1.82, 2.24) is 4.90 Å². The molecule has 2 aliphatic rings. The maximum absolute atomic E-state index is 12.0. The Hall–Kier alpha value is -1.75. The van der Waals surface area contributed by atoms with Gasteiger partial charge in [0, 0.05) is 13.1 Å². The van der Waals surface area contributed by atoms with Gasteiger partial charge in [0.1, 0.15) is 6.10 Å². The molecule has 0 atom stereocenters. The van der Waals surface area contributed by atoms with Crippen LogP contribution in [0, 0.1) is 0 Å². The number of piperidine rings is 1. The minimum Gasteiger partial charge on any atom is -0.493 e. The van der Waals surface area contributed by atoms with Crippen molar-refractivity contribution >= 4 is 5.97 Å². The highest BCUT2D eigenvalue weighted by Crippen LogP contribution is 2.43. The highest BCUT2D eigenvalue weighted by Gasteiger charge is 2.41. The molecule has 3 rings (SSSR count). The molecular weight excluding hydrogens is 318 g/mol. The Bertz CT molecular complexity index is 602. The number of hydrogen-bond acceptors (Lipinski definition) is 4. The summed E-state index contributed by atoms with van der Waals surface area (Å²) in [4.78, 5) is 14.3. The quantitative estimate of drug-likeness (QED) is 0.884. The zero-order valence-electron chi connectivity index (χ0n) is 15.3. The van der Waals surface area contributed by atoms with E-state index in [9.17, 15) is 9.90 Å². The molecule has 0 bridgehead atoms. The molecular formula is C20H29NO4. The van der Waals surface area contributed by atoms with Crippen molar-refractivity contribution in [2.24, 2.45) is 0 Å². The Morgan fingerprint density at radius 1 is 1.16 bits per heavy atom. The third-order valence-corrected chi connectivity index (χ3v) is 5.79. The molecule has 2 fully saturated rings. The largest absolute Gasteiger partial charge is 0.493 e. The molecule has 1 heterocycles. The fraction of sp³-hybridized carbons (Fsp3) is 0.650. The van der Waals surface area contributed by atoms with E-state index >= 15 is 0 Å². The number of aliphatic carboxylic acids is 1. The number of nitrogens with zero attached hydrogens (tertiary/aromatic N) is 1. The van der Waals surface area contributed by atoms with Gasteiger partial charge in [-0.2, -0.15) is 0 Å². The van der Waals surface area contributed by atoms with Crippen molar-refractivity contribution in [2.75, 3.05) is 27.2 Å². The average molecular weight is 347 g/mol. The molecule has 5 heteroatoms. The Kier molecular flexibility index (Phi) is 5.52. The topological polar surface area (TPSA) is 59.0 Å². The number of likely N-dealkylation sites (tertiary alicyclic amines) is 1. The Morgan fingerprint density at radius 3 is 2.44 bits per heavy atom. The van der Waals surface area contributed by atoms with Crippen LogP contribution in [0.4, 0.5) is 0 Å². The van der Waals surface area contributed by atoms with Crippen LogP contribution in [0.3, 0.4) is 0 Å². The highest BCUT2D eigenvalue weighted by molar-refractivity contribution is 5.82. The summed E-state index contributed by atoms with van der Waals surface area (Å²) in [6.45, 7) is 2.07. The predicted octanol–water partition coefficient (Wildman–Crippen LogP) is 3.45. The molecule has 25 heavy (non-hydrogen) atoms. The molecule has 5 nitrogen and oxygen atoms in total. The summed E-state index contributed by atoms with van der Waals surface area (Å²) in [5.74, 6) is 0.637. The summed E-state index contributed by atoms with van der Waals surface area (Å²) in [6, 6.07) is 5.70. The number of carboxylic acid groups (broad SMARTS) is 1. The van der Waals surface area contributed by atoms with Crippen molar-refractivity contribution in [3.63, 3.8) is 0 Å². The summed E-state index contributed by atoms with van der Waals surface area (Å²) in [5.41, 5.74) is 0.0599. The van der Waals surface area contributed by atoms with Crippen LogP contribution in [-0.2, 0) is 10.2 Å². The lowest BCUT2D eigenvalue weighted by atomic mass is 9.69. The summed E-state index contributed by atoms with van der Waals surface area (Å²) in [6.07, 6.45) is 6.62. The summed E-state index contributed by atoms with van der Waals surface area (Å²) < 4.78 is 11.7. The van der Waals surface area contributed by atoms with Crippen LogP contribution in [0.25, 0.3) is 0 Å². The first-order valence-electron chi connectivity index (χ1n) is 9.32. The molecule has 138 valence electrons. The second-order valence-electron chi connectivity index (χ2n) is 7.43. The van der Waals surface area contributed by atoms with E-state index in [1.165, 1.54) is 0 Å². The molecule has 1 saturated heterocycles. The zero-order valence-corrected chi connectivity index (χ0v) is 15.3. The van der Waals surface area contributed by atoms with Gasteiger partial charge < -0.3 is 19.5 Å². The lowest BCUT2D eigenvalue weighted by Gasteiger charge is -2.34. The Balaban J connectivity index is 1.82. The number of benzene rings is 1. The monoisotopic (exact) mass is 347 g/mol. The first kappa shape index (κ1) is 18.1. The molecule has 0 spiro atoms. The van der Waals surface area contributed by atoms with Gasteiger partial charge in [0.15, 0.2) is 11.5 Å². The number of hydrogen-bond donors (Lipinski definition) is 1. The smallest absolute Gasteiger partial charge is 0.314 e. The molecule has 1 saturated carbocycles. The van der Waals surface area contributed by atoms with Crippen molar-refractivity contribution in [3.8, 4) is 11.5 Å². The zero-order chi connectivity index (χ0) is 17.9. The third-order valence-electron chi connectivity index (χ3n) is 5.79. The molecule has 1 aliphatic carbocycles. The maximum Gasteiger partial charge on any atom is 0.314 e. The SMILES string of the molecule is COc1cc(C2(C(=O)O)CCCCC2)ccc1OC1CCN(C)CC1. The lowest BCUT2D eigenvalue weighted by Crippen LogP contribution is -2.38. The third kappa shape index (κ3) is 3.76. The van der Waals surface area contributed by atoms with Gasteiger partial charge in [0.05, 0.1) is 12.5 Å². The van der Waals surface area contributed by atoms with E-state index in [4.69, 9.17) is 9.47 Å². The summed E-state index contributed by atoms with van der Waals surface area (Å²) in [7, 11) is 3.75. The second-order valence-corrected chi connectivity index (χ2v) is 7.43. The first-order valence-corrected chi connectivity index (χ1v) is 9.32. The van der Waals surface area contributed by atoms with E-state index in [2.05, 4.69) is 11.9 Å². The van der Waals surface area contributed by atoms with Gasteiger partial charge >= 0.3 is 5.97 Å². The van der Waals surface area contributed by atoms with Gasteiger partial charge in [-0.05, 0) is 50.4 Å². The van der Waals surface area contributed by atoms with E-state index in [0.717, 1.165) is 56.5 Å². The molecule has 1 N–H and O–H groups in total. The predicted molar refractivity (Wildman–Crippen MR) is 96.5 cm³/mol. The van der Waals surface area contributed by atoms with Crippen molar-refractivity contribution in [2.45, 2.75) is 56.5 Å². The molecule has 0 radical (unpaired) electrons. The fourth-order valence-electron chi connectivity index (χ4n) is 4.13. The summed E-state index contributed by atoms with van der Waals surface area (Å²) in [5, 5.41) is 9.88. The number of methoxy groups -OCH3 is 1. The van der Waals surface area contributed by atoms with E-state index in [1.807, 2.05) is 18.2 Å². The fourth-order valence-corrected chi connectivity index (χ4v) is 4.13. The lowest BCUT2D eigenvalue weighted by molar-refractivity contribution is -0.145. The number of carboxylic acids is 1. The van der Waals surface area contributed by atoms with E-state index in [1.54, 1.807) is 7.11 Å². The molecule has 1 aliphatic heterocycles. The molecule has 0 unspecified atom stereocenters. The average Bonchev–Trinajstić information content (AvgIpc) is 2.64. The molecule has 1 aromatic carbocycles. The van der Waals surface area contributed by atoms with Crippen LogP contribution in [-0.4, -0.2) is 49.3 Å². The minimum absolute atomic E-state index is 0.194. The van der Waals surface area contributed by atoms with Crippen LogP contribution in [0.1, 0.15) is 50.5 Å². The van der Waals surface area contributed by atoms with E-state index in [-0.39, 0.29) is 6.10 Å². The highest BCUT2D eigenvalue weighted by atomic mass is 16.5. The maximum atomic E-state index is 12.0. The van der Waals surface area contributed by atoms with Gasteiger partial charge in [-0.1, -0.05) is 25.3 Å². The van der Waals surface area contributed by atoms with Gasteiger partial charge in [-0.15, -0.1) is 0 Å². The molecule has 0 amide bonds. The normalized spacial score (nSPS) is 21.7. The van der Waals surface area contributed by atoms with E-state index < -0.39 is 11.4 Å². The molecule has 1 aromatic rings. The van der Waals surface area contributed by atoms with Crippen molar-refractivity contribution in [1.29, 1.82) is 0 Å². The van der Waals surface area contributed by atoms with Gasteiger partial charge in [0.2, 0.25) is 0 Å². The first-order chi connectivity index (χ1) is 12.0. The van der Waals surface area contributed by atoms with Crippen molar-refractivity contribution in [3.05, 3.63) is 23.8 Å². The van der Waals surface area contributed by atoms with Gasteiger partial charge in [0.25, 0.3) is 0 Å². The number of ether oxygens (including phenoxy) is 2. The van der Waals surface area contributed by atoms with Crippen LogP contribution >= 0.6 is 0 Å². The number of carbonyl (C=O) groups is 1. The Morgan fingerprint density at radius 2 is 1.84 bits per heavy atom. The van der Waals surface area contributed by atoms with Crippen LogP contribution < -0.4 is 9.47 Å². The van der Waals surface area contributed by atoms with Gasteiger partial charge in [-0.25, -0.2) is 0 Å². The van der Waals surface area contributed by atoms with Crippen LogP contribution in [0.2, 0.25) is 0 Å². The Labute approximate surface area is 149 Å². The van der Waals surface area contributed by atoms with Crippen LogP contribution in [0.5, 0.6) is 11.5 Å². The second kappa shape index (κ2) is 7.65. The summed E-state index contributed by atoms with van der Waals surface area (Å²) >= 11 is 0. The van der Waals surface area contributed by atoms with Gasteiger partial charge in [-0.3, -0.25) is 4.79 Å². The van der Waals surface area contributed by atoms with Crippen molar-refractivity contribution < 1.29 is 19.4 Å². The van der Waals surface area contributed by atoms with E-state index in [0.29, 0.717) is 18.6 Å². The van der Waals surface area contributed by atoms with Crippen LogP contribution in [0.15, 0.2) is 18.2 Å². The number of rotatable bonds is 5.